The summed E-state index contributed by atoms with van der Waals surface area (Å²) in [5.41, 5.74) is 6.38. The lowest BCUT2D eigenvalue weighted by atomic mass is 9.91. The number of fused-ring (bicyclic) bond motifs is 1. The third kappa shape index (κ3) is 2.58. The molecule has 4 nitrogen and oxygen atoms in total. The molecule has 1 aliphatic carbocycles. The highest BCUT2D eigenvalue weighted by molar-refractivity contribution is 5.85. The Hall–Kier alpha value is -1.29. The topological polar surface area (TPSA) is 68.3 Å². The first-order valence-electron chi connectivity index (χ1n) is 6.70. The Labute approximate surface area is 108 Å². The van der Waals surface area contributed by atoms with Crippen LogP contribution in [0, 0.1) is 0 Å². The standard InChI is InChI=1S/C14H22N2O2/c1-3-8-14(2,15)13(17)16-11-5-4-6-12-10(11)7-9-18-12/h7,9,11H,3-6,8,15H2,1-2H3,(H,16,17). The molecule has 0 bridgehead atoms. The molecule has 18 heavy (non-hydrogen) atoms. The smallest absolute Gasteiger partial charge is 0.240 e. The van der Waals surface area contributed by atoms with Crippen molar-refractivity contribution in [2.45, 2.75) is 57.5 Å². The number of nitrogens with two attached hydrogens (primary N) is 1. The van der Waals surface area contributed by atoms with Gasteiger partial charge < -0.3 is 15.5 Å². The van der Waals surface area contributed by atoms with Gasteiger partial charge in [-0.15, -0.1) is 0 Å². The lowest BCUT2D eigenvalue weighted by Crippen LogP contribution is -2.52. The molecule has 0 saturated carbocycles. The highest BCUT2D eigenvalue weighted by Crippen LogP contribution is 2.30. The fourth-order valence-corrected chi connectivity index (χ4v) is 2.59. The lowest BCUT2D eigenvalue weighted by molar-refractivity contribution is -0.126. The second kappa shape index (κ2) is 5.14. The molecule has 1 amide bonds. The molecule has 100 valence electrons. The van der Waals surface area contributed by atoms with E-state index < -0.39 is 5.54 Å². The Kier molecular flexibility index (Phi) is 3.76. The van der Waals surface area contributed by atoms with Gasteiger partial charge in [-0.2, -0.15) is 0 Å². The van der Waals surface area contributed by atoms with Gasteiger partial charge in [0.2, 0.25) is 5.91 Å². The molecule has 2 atom stereocenters. The van der Waals surface area contributed by atoms with Crippen molar-refractivity contribution in [1.29, 1.82) is 0 Å². The molecule has 0 spiro atoms. The zero-order valence-electron chi connectivity index (χ0n) is 11.2. The summed E-state index contributed by atoms with van der Waals surface area (Å²) in [4.78, 5) is 12.2. The number of furan rings is 1. The number of hydrogen-bond acceptors (Lipinski definition) is 3. The third-order valence-corrected chi connectivity index (χ3v) is 3.65. The van der Waals surface area contributed by atoms with Crippen LogP contribution in [0.2, 0.25) is 0 Å². The fraction of sp³-hybridized carbons (Fsp3) is 0.643. The van der Waals surface area contributed by atoms with Gasteiger partial charge in [0, 0.05) is 12.0 Å². The minimum absolute atomic E-state index is 0.0553. The van der Waals surface area contributed by atoms with Crippen molar-refractivity contribution in [3.63, 3.8) is 0 Å². The lowest BCUT2D eigenvalue weighted by Gasteiger charge is -2.28. The van der Waals surface area contributed by atoms with E-state index in [4.69, 9.17) is 10.2 Å². The van der Waals surface area contributed by atoms with Gasteiger partial charge in [-0.1, -0.05) is 13.3 Å². The predicted octanol–water partition coefficient (Wildman–Crippen LogP) is 2.29. The summed E-state index contributed by atoms with van der Waals surface area (Å²) in [6.07, 6.45) is 6.26. The van der Waals surface area contributed by atoms with Gasteiger partial charge in [0.05, 0.1) is 17.8 Å². The highest BCUT2D eigenvalue weighted by atomic mass is 16.3. The summed E-state index contributed by atoms with van der Waals surface area (Å²) in [6.45, 7) is 3.83. The number of amides is 1. The molecule has 1 aliphatic rings. The van der Waals surface area contributed by atoms with Crippen LogP contribution in [0.1, 0.15) is 56.9 Å². The summed E-state index contributed by atoms with van der Waals surface area (Å²) < 4.78 is 5.42. The Morgan fingerprint density at radius 3 is 3.17 bits per heavy atom. The van der Waals surface area contributed by atoms with Crippen LogP contribution in [0.3, 0.4) is 0 Å². The van der Waals surface area contributed by atoms with Crippen molar-refractivity contribution < 1.29 is 9.21 Å². The molecular weight excluding hydrogens is 228 g/mol. The second-order valence-corrected chi connectivity index (χ2v) is 5.38. The van der Waals surface area contributed by atoms with Gasteiger partial charge in [-0.25, -0.2) is 0 Å². The molecule has 0 saturated heterocycles. The SMILES string of the molecule is CCCC(C)(N)C(=O)NC1CCCc2occc21. The third-order valence-electron chi connectivity index (χ3n) is 3.65. The van der Waals surface area contributed by atoms with E-state index in [0.717, 1.165) is 37.0 Å². The first kappa shape index (κ1) is 13.1. The van der Waals surface area contributed by atoms with Crippen LogP contribution in [0.15, 0.2) is 16.7 Å². The van der Waals surface area contributed by atoms with Crippen molar-refractivity contribution in [1.82, 2.24) is 5.32 Å². The molecule has 3 N–H and O–H groups in total. The molecule has 4 heteroatoms. The fourth-order valence-electron chi connectivity index (χ4n) is 2.59. The molecule has 2 rings (SSSR count). The van der Waals surface area contributed by atoms with Crippen molar-refractivity contribution in [2.75, 3.05) is 0 Å². The summed E-state index contributed by atoms with van der Waals surface area (Å²) in [5, 5.41) is 3.06. The molecule has 1 aromatic heterocycles. The van der Waals surface area contributed by atoms with Crippen LogP contribution in [0.4, 0.5) is 0 Å². The largest absolute Gasteiger partial charge is 0.469 e. The number of carbonyl (C=O) groups excluding carboxylic acids is 1. The summed E-state index contributed by atoms with van der Waals surface area (Å²) in [7, 11) is 0. The number of nitrogens with one attached hydrogen (secondary N) is 1. The highest BCUT2D eigenvalue weighted by Gasteiger charge is 2.31. The average molecular weight is 250 g/mol. The number of hydrogen-bond donors (Lipinski definition) is 2. The first-order chi connectivity index (χ1) is 8.54. The zero-order valence-corrected chi connectivity index (χ0v) is 11.2. The number of rotatable bonds is 4. The first-order valence-corrected chi connectivity index (χ1v) is 6.70. The van der Waals surface area contributed by atoms with E-state index in [1.54, 1.807) is 13.2 Å². The van der Waals surface area contributed by atoms with E-state index in [1.807, 2.05) is 13.0 Å². The molecule has 0 radical (unpaired) electrons. The van der Waals surface area contributed by atoms with Crippen LogP contribution in [0.25, 0.3) is 0 Å². The maximum Gasteiger partial charge on any atom is 0.240 e. The van der Waals surface area contributed by atoms with Crippen LogP contribution >= 0.6 is 0 Å². The van der Waals surface area contributed by atoms with Gasteiger partial charge >= 0.3 is 0 Å². The van der Waals surface area contributed by atoms with E-state index in [0.29, 0.717) is 6.42 Å². The summed E-state index contributed by atoms with van der Waals surface area (Å²) in [5.74, 6) is 0.934. The van der Waals surface area contributed by atoms with Crippen LogP contribution < -0.4 is 11.1 Å². The predicted molar refractivity (Wildman–Crippen MR) is 70.0 cm³/mol. The van der Waals surface area contributed by atoms with Crippen LogP contribution in [-0.2, 0) is 11.2 Å². The monoisotopic (exact) mass is 250 g/mol. The van der Waals surface area contributed by atoms with Crippen molar-refractivity contribution in [3.05, 3.63) is 23.7 Å². The molecule has 0 aromatic carbocycles. The molecule has 2 unspecified atom stereocenters. The summed E-state index contributed by atoms with van der Waals surface area (Å²) >= 11 is 0. The quantitative estimate of drug-likeness (QED) is 0.861. The summed E-state index contributed by atoms with van der Waals surface area (Å²) in [6, 6.07) is 2.01. The maximum absolute atomic E-state index is 12.2. The van der Waals surface area contributed by atoms with Crippen LogP contribution in [0.5, 0.6) is 0 Å². The van der Waals surface area contributed by atoms with Crippen molar-refractivity contribution >= 4 is 5.91 Å². The van der Waals surface area contributed by atoms with Gasteiger partial charge in [0.25, 0.3) is 0 Å². The van der Waals surface area contributed by atoms with Crippen molar-refractivity contribution in [2.24, 2.45) is 5.73 Å². The number of carbonyl (C=O) groups is 1. The van der Waals surface area contributed by atoms with Gasteiger partial charge in [-0.05, 0) is 32.3 Å². The minimum Gasteiger partial charge on any atom is -0.469 e. The molecule has 1 heterocycles. The minimum atomic E-state index is -0.782. The Bertz CT molecular complexity index is 423. The molecule has 1 aromatic rings. The van der Waals surface area contributed by atoms with Crippen molar-refractivity contribution in [3.8, 4) is 0 Å². The Balaban J connectivity index is 2.06. The van der Waals surface area contributed by atoms with E-state index in [2.05, 4.69) is 5.32 Å². The normalized spacial score (nSPS) is 22.1. The van der Waals surface area contributed by atoms with E-state index in [1.165, 1.54) is 0 Å². The molecule has 0 aliphatic heterocycles. The van der Waals surface area contributed by atoms with Gasteiger partial charge in [0.15, 0.2) is 0 Å². The second-order valence-electron chi connectivity index (χ2n) is 5.38. The van der Waals surface area contributed by atoms with Gasteiger partial charge in [0.1, 0.15) is 5.76 Å². The number of aryl methyl sites for hydroxylation is 1. The Morgan fingerprint density at radius 1 is 1.67 bits per heavy atom. The van der Waals surface area contributed by atoms with Crippen LogP contribution in [-0.4, -0.2) is 11.4 Å². The van der Waals surface area contributed by atoms with E-state index in [9.17, 15) is 4.79 Å². The Morgan fingerprint density at radius 2 is 2.44 bits per heavy atom. The molecule has 0 fully saturated rings. The zero-order chi connectivity index (χ0) is 13.2. The maximum atomic E-state index is 12.2. The van der Waals surface area contributed by atoms with E-state index in [-0.39, 0.29) is 11.9 Å². The van der Waals surface area contributed by atoms with E-state index >= 15 is 0 Å². The van der Waals surface area contributed by atoms with Gasteiger partial charge in [-0.3, -0.25) is 4.79 Å². The molecular formula is C14H22N2O2. The average Bonchev–Trinajstić information content (AvgIpc) is 2.78.